The van der Waals surface area contributed by atoms with Crippen LogP contribution >= 0.6 is 0 Å². The van der Waals surface area contributed by atoms with E-state index in [1.807, 2.05) is 24.3 Å². The van der Waals surface area contributed by atoms with Crippen molar-refractivity contribution in [2.45, 2.75) is 31.2 Å². The van der Waals surface area contributed by atoms with E-state index >= 15 is 0 Å². The van der Waals surface area contributed by atoms with E-state index in [9.17, 15) is 0 Å². The van der Waals surface area contributed by atoms with Crippen molar-refractivity contribution in [2.75, 3.05) is 24.6 Å². The fraction of sp³-hybridized carbons (Fsp3) is 0.444. The van der Waals surface area contributed by atoms with Gasteiger partial charge in [0.05, 0.1) is 25.8 Å². The van der Waals surface area contributed by atoms with Crippen molar-refractivity contribution in [1.82, 2.24) is 24.8 Å². The molecule has 0 saturated carbocycles. The minimum atomic E-state index is -0.120. The molecule has 26 heavy (non-hydrogen) atoms. The topological polar surface area (TPSA) is 77.7 Å². The highest BCUT2D eigenvalue weighted by atomic mass is 16.5. The molecule has 0 radical (unpaired) electrons. The third kappa shape index (κ3) is 2.91. The van der Waals surface area contributed by atoms with Gasteiger partial charge in [0, 0.05) is 25.4 Å². The van der Waals surface area contributed by atoms with Gasteiger partial charge in [-0.25, -0.2) is 0 Å². The van der Waals surface area contributed by atoms with Crippen molar-refractivity contribution in [3.05, 3.63) is 48.5 Å². The smallest absolute Gasteiger partial charge is 0.177 e. The molecule has 8 nitrogen and oxygen atoms in total. The maximum absolute atomic E-state index is 6.13. The number of hydrogen-bond acceptors (Lipinski definition) is 7. The zero-order chi connectivity index (χ0) is 17.4. The first-order chi connectivity index (χ1) is 12.8. The lowest BCUT2D eigenvalue weighted by Gasteiger charge is -2.53. The van der Waals surface area contributed by atoms with Crippen molar-refractivity contribution in [3.8, 4) is 0 Å². The molecule has 0 N–H and O–H groups in total. The first-order valence-corrected chi connectivity index (χ1v) is 8.86. The Balaban J connectivity index is 1.20. The standard InChI is InChI=1S/C18H20N6O2/c1-2-17(22-24-13-20-21-16(1)24)23-11-18(12-23)9-15(5-8-26-18)25-10-14-3-6-19-7-4-14/h1-4,6-7,13,15H,5,8-12H2. The van der Waals surface area contributed by atoms with Crippen LogP contribution < -0.4 is 4.90 Å². The minimum Gasteiger partial charge on any atom is -0.373 e. The monoisotopic (exact) mass is 352 g/mol. The van der Waals surface area contributed by atoms with Crippen LogP contribution in [-0.4, -0.2) is 56.2 Å². The molecule has 134 valence electrons. The Labute approximate surface area is 150 Å². The molecule has 1 spiro atoms. The van der Waals surface area contributed by atoms with Crippen LogP contribution in [0.3, 0.4) is 0 Å². The van der Waals surface area contributed by atoms with E-state index in [0.717, 1.165) is 49.6 Å². The van der Waals surface area contributed by atoms with Crippen molar-refractivity contribution in [1.29, 1.82) is 0 Å². The fourth-order valence-corrected chi connectivity index (χ4v) is 3.74. The molecule has 3 aromatic heterocycles. The van der Waals surface area contributed by atoms with Gasteiger partial charge in [0.25, 0.3) is 0 Å². The second-order valence-corrected chi connectivity index (χ2v) is 6.99. The van der Waals surface area contributed by atoms with Crippen LogP contribution in [0.5, 0.6) is 0 Å². The summed E-state index contributed by atoms with van der Waals surface area (Å²) >= 11 is 0. The zero-order valence-corrected chi connectivity index (χ0v) is 14.4. The van der Waals surface area contributed by atoms with Gasteiger partial charge in [0.15, 0.2) is 5.65 Å². The number of pyridine rings is 1. The number of hydrogen-bond donors (Lipinski definition) is 0. The molecule has 0 aliphatic carbocycles. The predicted octanol–water partition coefficient (Wildman–Crippen LogP) is 1.47. The summed E-state index contributed by atoms with van der Waals surface area (Å²) in [5, 5.41) is 12.4. The first kappa shape index (κ1) is 15.7. The summed E-state index contributed by atoms with van der Waals surface area (Å²) in [6, 6.07) is 7.90. The van der Waals surface area contributed by atoms with Crippen molar-refractivity contribution in [2.24, 2.45) is 0 Å². The average Bonchev–Trinajstić information content (AvgIpc) is 3.13. The van der Waals surface area contributed by atoms with Crippen molar-refractivity contribution in [3.63, 3.8) is 0 Å². The molecule has 5 heterocycles. The third-order valence-corrected chi connectivity index (χ3v) is 5.11. The average molecular weight is 352 g/mol. The number of fused-ring (bicyclic) bond motifs is 1. The lowest BCUT2D eigenvalue weighted by Crippen LogP contribution is -2.66. The van der Waals surface area contributed by atoms with Gasteiger partial charge in [-0.2, -0.15) is 4.52 Å². The van der Waals surface area contributed by atoms with Gasteiger partial charge in [0.1, 0.15) is 17.7 Å². The molecule has 1 unspecified atom stereocenters. The molecule has 0 bridgehead atoms. The highest BCUT2D eigenvalue weighted by molar-refractivity contribution is 5.48. The summed E-state index contributed by atoms with van der Waals surface area (Å²) < 4.78 is 13.9. The Morgan fingerprint density at radius 3 is 2.96 bits per heavy atom. The van der Waals surface area contributed by atoms with E-state index in [-0.39, 0.29) is 11.7 Å². The summed E-state index contributed by atoms with van der Waals surface area (Å²) in [5.74, 6) is 0.923. The van der Waals surface area contributed by atoms with E-state index < -0.39 is 0 Å². The van der Waals surface area contributed by atoms with Gasteiger partial charge in [-0.15, -0.1) is 15.3 Å². The van der Waals surface area contributed by atoms with E-state index in [2.05, 4.69) is 25.2 Å². The molecule has 2 aliphatic heterocycles. The fourth-order valence-electron chi connectivity index (χ4n) is 3.74. The van der Waals surface area contributed by atoms with Gasteiger partial charge in [-0.3, -0.25) is 4.98 Å². The van der Waals surface area contributed by atoms with Gasteiger partial charge in [-0.05, 0) is 36.2 Å². The second kappa shape index (κ2) is 6.30. The van der Waals surface area contributed by atoms with Crippen LogP contribution in [-0.2, 0) is 16.1 Å². The SMILES string of the molecule is c1cc(COC2CCOC3(C2)CN(c2ccc4nncn4n2)C3)ccn1. The van der Waals surface area contributed by atoms with Crippen LogP contribution in [0.25, 0.3) is 5.65 Å². The van der Waals surface area contributed by atoms with Crippen LogP contribution in [0.15, 0.2) is 43.0 Å². The molecule has 2 fully saturated rings. The molecule has 0 aromatic carbocycles. The van der Waals surface area contributed by atoms with E-state index in [1.54, 1.807) is 23.2 Å². The van der Waals surface area contributed by atoms with E-state index in [0.29, 0.717) is 6.61 Å². The predicted molar refractivity (Wildman–Crippen MR) is 93.7 cm³/mol. The quantitative estimate of drug-likeness (QED) is 0.704. The van der Waals surface area contributed by atoms with Crippen LogP contribution in [0, 0.1) is 0 Å². The van der Waals surface area contributed by atoms with Crippen LogP contribution in [0.1, 0.15) is 18.4 Å². The third-order valence-electron chi connectivity index (χ3n) is 5.11. The Morgan fingerprint density at radius 1 is 1.19 bits per heavy atom. The van der Waals surface area contributed by atoms with Gasteiger partial charge >= 0.3 is 0 Å². The summed E-state index contributed by atoms with van der Waals surface area (Å²) in [6.45, 7) is 3.04. The van der Waals surface area contributed by atoms with Gasteiger partial charge < -0.3 is 14.4 Å². The lowest BCUT2D eigenvalue weighted by molar-refractivity contribution is -0.148. The molecule has 2 saturated heterocycles. The summed E-state index contributed by atoms with van der Waals surface area (Å²) in [7, 11) is 0. The molecule has 5 rings (SSSR count). The summed E-state index contributed by atoms with van der Waals surface area (Å²) in [5.41, 5.74) is 1.79. The van der Waals surface area contributed by atoms with Gasteiger partial charge in [0.2, 0.25) is 0 Å². The van der Waals surface area contributed by atoms with Crippen molar-refractivity contribution >= 4 is 11.5 Å². The van der Waals surface area contributed by atoms with E-state index in [4.69, 9.17) is 9.47 Å². The highest BCUT2D eigenvalue weighted by Crippen LogP contribution is 2.37. The second-order valence-electron chi connectivity index (χ2n) is 6.99. The van der Waals surface area contributed by atoms with E-state index in [1.165, 1.54) is 0 Å². The number of anilines is 1. The van der Waals surface area contributed by atoms with Gasteiger partial charge in [-0.1, -0.05) is 0 Å². The van der Waals surface area contributed by atoms with Crippen LogP contribution in [0.2, 0.25) is 0 Å². The molecule has 8 heteroatoms. The summed E-state index contributed by atoms with van der Waals surface area (Å²) in [4.78, 5) is 6.27. The number of nitrogens with zero attached hydrogens (tertiary/aromatic N) is 6. The Morgan fingerprint density at radius 2 is 2.08 bits per heavy atom. The maximum atomic E-state index is 6.13. The molecule has 3 aromatic rings. The number of rotatable bonds is 4. The molecular weight excluding hydrogens is 332 g/mol. The number of ether oxygens (including phenoxy) is 2. The Kier molecular flexibility index (Phi) is 3.79. The Bertz CT molecular complexity index is 893. The summed E-state index contributed by atoms with van der Waals surface area (Å²) in [6.07, 6.45) is 7.31. The number of aromatic nitrogens is 5. The largest absolute Gasteiger partial charge is 0.373 e. The lowest BCUT2D eigenvalue weighted by atomic mass is 9.84. The highest BCUT2D eigenvalue weighted by Gasteiger charge is 2.48. The zero-order valence-electron chi connectivity index (χ0n) is 14.4. The molecule has 2 aliphatic rings. The van der Waals surface area contributed by atoms with Crippen LogP contribution in [0.4, 0.5) is 5.82 Å². The minimum absolute atomic E-state index is 0.120. The Hall–Kier alpha value is -2.58. The molecule has 1 atom stereocenters. The first-order valence-electron chi connectivity index (χ1n) is 8.86. The normalized spacial score (nSPS) is 21.8. The molecule has 0 amide bonds. The maximum Gasteiger partial charge on any atom is 0.177 e. The molecular formula is C18H20N6O2. The van der Waals surface area contributed by atoms with Crippen molar-refractivity contribution < 1.29 is 9.47 Å².